The van der Waals surface area contributed by atoms with Crippen LogP contribution in [0.1, 0.15) is 14.5 Å². The quantitative estimate of drug-likeness (QED) is 0.804. The molecule has 2 aromatic heterocycles. The third-order valence-corrected chi connectivity index (χ3v) is 6.48. The number of thiophene rings is 2. The summed E-state index contributed by atoms with van der Waals surface area (Å²) in [4.78, 5) is 12.6. The Morgan fingerprint density at radius 1 is 1.45 bits per heavy atom. The van der Waals surface area contributed by atoms with E-state index in [4.69, 9.17) is 0 Å². The summed E-state index contributed by atoms with van der Waals surface area (Å²) < 4.78 is 32.4. The molecular formula is C11H10BrNO4S3. The number of rotatable bonds is 4. The number of sulfonamides is 1. The van der Waals surface area contributed by atoms with Crippen LogP contribution in [0.2, 0.25) is 0 Å². The van der Waals surface area contributed by atoms with Crippen molar-refractivity contribution in [1.82, 2.24) is 0 Å². The van der Waals surface area contributed by atoms with E-state index in [1.165, 1.54) is 30.6 Å². The van der Waals surface area contributed by atoms with Crippen molar-refractivity contribution in [2.75, 3.05) is 11.8 Å². The van der Waals surface area contributed by atoms with Crippen LogP contribution in [0.4, 0.5) is 5.69 Å². The Morgan fingerprint density at radius 2 is 2.15 bits per heavy atom. The summed E-state index contributed by atoms with van der Waals surface area (Å²) in [6.45, 7) is 1.72. The summed E-state index contributed by atoms with van der Waals surface area (Å²) in [7, 11) is -2.48. The molecule has 0 amide bonds. The van der Waals surface area contributed by atoms with E-state index in [0.29, 0.717) is 4.88 Å². The zero-order valence-corrected chi connectivity index (χ0v) is 14.5. The lowest BCUT2D eigenvalue weighted by Gasteiger charge is -2.07. The fraction of sp³-hybridized carbons (Fsp3) is 0.182. The van der Waals surface area contributed by atoms with Gasteiger partial charge in [0.25, 0.3) is 10.0 Å². The van der Waals surface area contributed by atoms with Gasteiger partial charge in [0.05, 0.1) is 16.6 Å². The molecule has 0 unspecified atom stereocenters. The summed E-state index contributed by atoms with van der Waals surface area (Å²) in [5, 5.41) is 1.63. The molecule has 0 atom stereocenters. The number of halogens is 1. The molecule has 0 saturated carbocycles. The van der Waals surface area contributed by atoms with Crippen molar-refractivity contribution in [1.29, 1.82) is 0 Å². The molecule has 108 valence electrons. The average molecular weight is 396 g/mol. The van der Waals surface area contributed by atoms with Crippen LogP contribution in [-0.2, 0) is 14.8 Å². The molecule has 0 radical (unpaired) electrons. The minimum Gasteiger partial charge on any atom is -0.465 e. The first-order valence-corrected chi connectivity index (χ1v) is 9.27. The van der Waals surface area contributed by atoms with Crippen LogP contribution >= 0.6 is 38.6 Å². The van der Waals surface area contributed by atoms with Crippen LogP contribution in [0.5, 0.6) is 0 Å². The fourth-order valence-electron chi connectivity index (χ4n) is 1.54. The maximum atomic E-state index is 12.3. The summed E-state index contributed by atoms with van der Waals surface area (Å²) in [6, 6.07) is 3.07. The standard InChI is InChI=1S/C11H10BrNO4S3/c1-6-8(5-9(12)19-6)20(15,16)13-7-3-4-18-10(7)11(14)17-2/h3-5,13H,1-2H3. The van der Waals surface area contributed by atoms with Crippen molar-refractivity contribution in [2.24, 2.45) is 0 Å². The van der Waals surface area contributed by atoms with Crippen LogP contribution in [0.3, 0.4) is 0 Å². The first-order valence-electron chi connectivity index (χ1n) is 5.29. The largest absolute Gasteiger partial charge is 0.465 e. The molecule has 0 aliphatic rings. The molecule has 1 N–H and O–H groups in total. The SMILES string of the molecule is COC(=O)c1sccc1NS(=O)(=O)c1cc(Br)sc1C. The van der Waals surface area contributed by atoms with Gasteiger partial charge in [0.15, 0.2) is 0 Å². The van der Waals surface area contributed by atoms with E-state index in [1.54, 1.807) is 12.3 Å². The molecule has 0 aromatic carbocycles. The Hall–Kier alpha value is -0.900. The van der Waals surface area contributed by atoms with Gasteiger partial charge in [-0.05, 0) is 40.4 Å². The molecule has 2 heterocycles. The van der Waals surface area contributed by atoms with Gasteiger partial charge in [-0.3, -0.25) is 4.72 Å². The highest BCUT2D eigenvalue weighted by atomic mass is 79.9. The summed E-state index contributed by atoms with van der Waals surface area (Å²) in [5.41, 5.74) is 0.226. The predicted octanol–water partition coefficient (Wildman–Crippen LogP) is 3.47. The number of carbonyl (C=O) groups is 1. The molecule has 0 saturated heterocycles. The number of carbonyl (C=O) groups excluding carboxylic acids is 1. The lowest BCUT2D eigenvalue weighted by Crippen LogP contribution is -2.14. The minimum atomic E-state index is -3.73. The molecular weight excluding hydrogens is 386 g/mol. The molecule has 0 spiro atoms. The Labute approximate surface area is 132 Å². The second kappa shape index (κ2) is 5.84. The normalized spacial score (nSPS) is 11.3. The van der Waals surface area contributed by atoms with Crippen molar-refractivity contribution in [2.45, 2.75) is 11.8 Å². The number of nitrogens with one attached hydrogen (secondary N) is 1. The van der Waals surface area contributed by atoms with Gasteiger partial charge in [-0.15, -0.1) is 22.7 Å². The number of hydrogen-bond donors (Lipinski definition) is 1. The van der Waals surface area contributed by atoms with Gasteiger partial charge in [-0.1, -0.05) is 0 Å². The average Bonchev–Trinajstić information content (AvgIpc) is 2.94. The van der Waals surface area contributed by atoms with Gasteiger partial charge in [0.1, 0.15) is 9.77 Å². The highest BCUT2D eigenvalue weighted by Crippen LogP contribution is 2.32. The summed E-state index contributed by atoms with van der Waals surface area (Å²) in [6.07, 6.45) is 0. The lowest BCUT2D eigenvalue weighted by atomic mass is 10.4. The monoisotopic (exact) mass is 395 g/mol. The van der Waals surface area contributed by atoms with Crippen molar-refractivity contribution in [3.05, 3.63) is 31.1 Å². The van der Waals surface area contributed by atoms with Gasteiger partial charge in [-0.25, -0.2) is 13.2 Å². The second-order valence-corrected chi connectivity index (χ2v) is 8.93. The van der Waals surface area contributed by atoms with Crippen LogP contribution in [0.15, 0.2) is 26.2 Å². The van der Waals surface area contributed by atoms with E-state index in [0.717, 1.165) is 15.1 Å². The first-order chi connectivity index (χ1) is 9.35. The second-order valence-electron chi connectivity index (χ2n) is 3.73. The molecule has 2 rings (SSSR count). The van der Waals surface area contributed by atoms with Gasteiger partial charge in [0, 0.05) is 4.88 Å². The van der Waals surface area contributed by atoms with Crippen molar-refractivity contribution >= 4 is 60.3 Å². The van der Waals surface area contributed by atoms with Crippen molar-refractivity contribution < 1.29 is 17.9 Å². The zero-order chi connectivity index (χ0) is 14.9. The summed E-state index contributed by atoms with van der Waals surface area (Å²) in [5.74, 6) is -0.569. The molecule has 9 heteroatoms. The smallest absolute Gasteiger partial charge is 0.350 e. The molecule has 0 fully saturated rings. The lowest BCUT2D eigenvalue weighted by molar-refractivity contribution is 0.0607. The van der Waals surface area contributed by atoms with E-state index in [2.05, 4.69) is 25.4 Å². The zero-order valence-electron chi connectivity index (χ0n) is 10.5. The number of aryl methyl sites for hydroxylation is 1. The number of anilines is 1. The van der Waals surface area contributed by atoms with Crippen LogP contribution in [0, 0.1) is 6.92 Å². The van der Waals surface area contributed by atoms with Crippen LogP contribution in [0.25, 0.3) is 0 Å². The highest BCUT2D eigenvalue weighted by Gasteiger charge is 2.23. The van der Waals surface area contributed by atoms with Crippen molar-refractivity contribution in [3.63, 3.8) is 0 Å². The Bertz CT molecular complexity index is 748. The van der Waals surface area contributed by atoms with E-state index >= 15 is 0 Å². The van der Waals surface area contributed by atoms with Gasteiger partial charge in [0.2, 0.25) is 0 Å². The predicted molar refractivity (Wildman–Crippen MR) is 83.2 cm³/mol. The minimum absolute atomic E-state index is 0.191. The van der Waals surface area contributed by atoms with E-state index in [9.17, 15) is 13.2 Å². The van der Waals surface area contributed by atoms with E-state index < -0.39 is 16.0 Å². The topological polar surface area (TPSA) is 72.5 Å². The number of methoxy groups -OCH3 is 1. The summed E-state index contributed by atoms with van der Waals surface area (Å²) >= 11 is 5.71. The molecule has 0 bridgehead atoms. The van der Waals surface area contributed by atoms with Gasteiger partial charge in [-0.2, -0.15) is 0 Å². The molecule has 0 aliphatic heterocycles. The Balaban J connectivity index is 2.37. The molecule has 20 heavy (non-hydrogen) atoms. The third kappa shape index (κ3) is 3.05. The Kier molecular flexibility index (Phi) is 4.52. The number of ether oxygens (including phenoxy) is 1. The maximum absolute atomic E-state index is 12.3. The number of esters is 1. The molecule has 2 aromatic rings. The van der Waals surface area contributed by atoms with E-state index in [-0.39, 0.29) is 15.5 Å². The third-order valence-electron chi connectivity index (χ3n) is 2.41. The highest BCUT2D eigenvalue weighted by molar-refractivity contribution is 9.11. The van der Waals surface area contributed by atoms with Gasteiger partial charge < -0.3 is 4.74 Å². The van der Waals surface area contributed by atoms with Crippen LogP contribution < -0.4 is 4.72 Å². The Morgan fingerprint density at radius 3 is 2.70 bits per heavy atom. The van der Waals surface area contributed by atoms with Crippen LogP contribution in [-0.4, -0.2) is 21.5 Å². The van der Waals surface area contributed by atoms with Gasteiger partial charge >= 0.3 is 5.97 Å². The maximum Gasteiger partial charge on any atom is 0.350 e. The van der Waals surface area contributed by atoms with E-state index in [1.807, 2.05) is 0 Å². The first kappa shape index (κ1) is 15.5. The molecule has 5 nitrogen and oxygen atoms in total. The van der Waals surface area contributed by atoms with Crippen molar-refractivity contribution in [3.8, 4) is 0 Å². The molecule has 0 aliphatic carbocycles. The fourth-order valence-corrected chi connectivity index (χ4v) is 5.86. The number of hydrogen-bond acceptors (Lipinski definition) is 6.